The minimum absolute atomic E-state index is 0.134. The first-order chi connectivity index (χ1) is 8.59. The molecule has 0 aliphatic rings. The third kappa shape index (κ3) is 5.13. The average Bonchev–Trinajstić information content (AvgIpc) is 2.28. The van der Waals surface area contributed by atoms with Gasteiger partial charge in [0.1, 0.15) is 0 Å². The van der Waals surface area contributed by atoms with E-state index >= 15 is 0 Å². The van der Waals surface area contributed by atoms with E-state index in [-0.39, 0.29) is 12.4 Å². The van der Waals surface area contributed by atoms with Crippen molar-refractivity contribution in [3.8, 4) is 0 Å². The molecule has 1 amide bonds. The van der Waals surface area contributed by atoms with E-state index in [1.165, 1.54) is 28.0 Å². The first-order valence-corrected chi connectivity index (χ1v) is 7.17. The molecule has 19 heavy (non-hydrogen) atoms. The van der Waals surface area contributed by atoms with Crippen molar-refractivity contribution in [2.75, 3.05) is 33.1 Å². The van der Waals surface area contributed by atoms with Gasteiger partial charge >= 0.3 is 5.97 Å². The number of carbonyl (C=O) groups is 2. The Bertz CT molecular complexity index is 435. The number of likely N-dealkylation sites (N-methyl/N-ethyl adjacent to an activating group) is 1. The lowest BCUT2D eigenvalue weighted by molar-refractivity contribution is -0.149. The second-order valence-electron chi connectivity index (χ2n) is 4.28. The highest BCUT2D eigenvalue weighted by Crippen LogP contribution is 2.05. The van der Waals surface area contributed by atoms with Gasteiger partial charge in [-0.25, -0.2) is 13.2 Å². The van der Waals surface area contributed by atoms with Crippen LogP contribution >= 0.6 is 0 Å². The maximum absolute atomic E-state index is 11.7. The number of carboxylic acids is 1. The molecule has 0 bridgehead atoms. The molecular formula is C10H20N2O6S. The first-order valence-electron chi connectivity index (χ1n) is 5.56. The van der Waals surface area contributed by atoms with Gasteiger partial charge in [-0.2, -0.15) is 4.31 Å². The summed E-state index contributed by atoms with van der Waals surface area (Å²) in [5.74, 6) is -2.10. The van der Waals surface area contributed by atoms with Gasteiger partial charge in [-0.1, -0.05) is 0 Å². The van der Waals surface area contributed by atoms with Gasteiger partial charge in [0, 0.05) is 14.2 Å². The van der Waals surface area contributed by atoms with E-state index in [9.17, 15) is 18.0 Å². The molecule has 0 saturated carbocycles. The smallest absolute Gasteiger partial charge is 0.331 e. The summed E-state index contributed by atoms with van der Waals surface area (Å²) in [5.41, 5.74) is -1.59. The Morgan fingerprint density at radius 1 is 1.42 bits per heavy atom. The Kier molecular flexibility index (Phi) is 6.40. The van der Waals surface area contributed by atoms with Crippen molar-refractivity contribution in [2.24, 2.45) is 0 Å². The van der Waals surface area contributed by atoms with Gasteiger partial charge in [0.15, 0.2) is 5.54 Å². The topological polar surface area (TPSA) is 113 Å². The van der Waals surface area contributed by atoms with Gasteiger partial charge in [-0.3, -0.25) is 4.79 Å². The number of carbonyl (C=O) groups excluding carboxylic acids is 1. The molecular weight excluding hydrogens is 276 g/mol. The predicted octanol–water partition coefficient (Wildman–Crippen LogP) is -1.13. The molecule has 0 fully saturated rings. The van der Waals surface area contributed by atoms with Crippen LogP contribution < -0.4 is 5.32 Å². The number of nitrogens with zero attached hydrogens (tertiary/aromatic N) is 1. The van der Waals surface area contributed by atoms with Crippen molar-refractivity contribution in [2.45, 2.75) is 19.4 Å². The van der Waals surface area contributed by atoms with Crippen LogP contribution in [0.4, 0.5) is 0 Å². The first kappa shape index (κ1) is 17.8. The number of sulfonamides is 1. The lowest BCUT2D eigenvalue weighted by Crippen LogP contribution is -2.57. The van der Waals surface area contributed by atoms with Crippen molar-refractivity contribution in [1.29, 1.82) is 0 Å². The fraction of sp³-hybridized carbons (Fsp3) is 0.800. The van der Waals surface area contributed by atoms with Gasteiger partial charge < -0.3 is 15.2 Å². The number of methoxy groups -OCH3 is 1. The van der Waals surface area contributed by atoms with E-state index < -0.39 is 34.0 Å². The second kappa shape index (κ2) is 6.83. The van der Waals surface area contributed by atoms with E-state index in [1.807, 2.05) is 0 Å². The van der Waals surface area contributed by atoms with Crippen LogP contribution in [0.1, 0.15) is 13.8 Å². The molecule has 0 aromatic heterocycles. The molecule has 0 aromatic carbocycles. The molecule has 0 radical (unpaired) electrons. The van der Waals surface area contributed by atoms with Gasteiger partial charge in [-0.05, 0) is 13.8 Å². The summed E-state index contributed by atoms with van der Waals surface area (Å²) in [6.07, 6.45) is 0. The molecule has 0 spiro atoms. The molecule has 2 N–H and O–H groups in total. The monoisotopic (exact) mass is 296 g/mol. The predicted molar refractivity (Wildman–Crippen MR) is 68.2 cm³/mol. The van der Waals surface area contributed by atoms with Crippen LogP contribution in [0.3, 0.4) is 0 Å². The molecule has 0 aliphatic carbocycles. The maximum Gasteiger partial charge on any atom is 0.331 e. The zero-order chi connectivity index (χ0) is 15.3. The largest absolute Gasteiger partial charge is 0.479 e. The average molecular weight is 296 g/mol. The van der Waals surface area contributed by atoms with Gasteiger partial charge in [0.05, 0.1) is 18.9 Å². The van der Waals surface area contributed by atoms with Gasteiger partial charge in [-0.15, -0.1) is 0 Å². The third-order valence-electron chi connectivity index (χ3n) is 2.53. The van der Waals surface area contributed by atoms with Crippen molar-refractivity contribution < 1.29 is 27.9 Å². The SMILES string of the molecule is CCS(=O)(=O)N(C)CC(=O)NC(C)(COC)C(=O)O. The van der Waals surface area contributed by atoms with E-state index in [4.69, 9.17) is 9.84 Å². The quantitative estimate of drug-likeness (QED) is 0.586. The minimum atomic E-state index is -3.49. The minimum Gasteiger partial charge on any atom is -0.479 e. The van der Waals surface area contributed by atoms with Gasteiger partial charge in [0.2, 0.25) is 15.9 Å². The van der Waals surface area contributed by atoms with Crippen LogP contribution in [-0.4, -0.2) is 68.3 Å². The molecule has 0 rings (SSSR count). The Hall–Kier alpha value is -1.19. The number of hydrogen-bond donors (Lipinski definition) is 2. The number of ether oxygens (including phenoxy) is 1. The van der Waals surface area contributed by atoms with Crippen molar-refractivity contribution in [3.05, 3.63) is 0 Å². The standard InChI is InChI=1S/C10H20N2O6S/c1-5-19(16,17)12(3)6-8(13)11-10(2,7-18-4)9(14)15/h5-7H2,1-4H3,(H,11,13)(H,14,15). The van der Waals surface area contributed by atoms with E-state index in [0.29, 0.717) is 0 Å². The van der Waals surface area contributed by atoms with E-state index in [1.54, 1.807) is 0 Å². The Morgan fingerprint density at radius 2 is 1.95 bits per heavy atom. The summed E-state index contributed by atoms with van der Waals surface area (Å²) < 4.78 is 28.5. The highest BCUT2D eigenvalue weighted by atomic mass is 32.2. The Morgan fingerprint density at radius 3 is 2.32 bits per heavy atom. The molecule has 0 aliphatic heterocycles. The second-order valence-corrected chi connectivity index (χ2v) is 6.64. The zero-order valence-corrected chi connectivity index (χ0v) is 12.3. The summed E-state index contributed by atoms with van der Waals surface area (Å²) in [4.78, 5) is 22.7. The molecule has 0 heterocycles. The summed E-state index contributed by atoms with van der Waals surface area (Å²) >= 11 is 0. The lowest BCUT2D eigenvalue weighted by atomic mass is 10.0. The highest BCUT2D eigenvalue weighted by Gasteiger charge is 2.35. The molecule has 1 unspecified atom stereocenters. The number of nitrogens with one attached hydrogen (secondary N) is 1. The number of aliphatic carboxylic acids is 1. The van der Waals surface area contributed by atoms with Crippen LogP contribution in [0.15, 0.2) is 0 Å². The van der Waals surface area contributed by atoms with Crippen molar-refractivity contribution in [3.63, 3.8) is 0 Å². The fourth-order valence-electron chi connectivity index (χ4n) is 1.31. The Labute approximate surface area is 112 Å². The number of carboxylic acid groups (broad SMARTS) is 1. The van der Waals surface area contributed by atoms with Crippen LogP contribution in [-0.2, 0) is 24.3 Å². The zero-order valence-electron chi connectivity index (χ0n) is 11.5. The van der Waals surface area contributed by atoms with E-state index in [0.717, 1.165) is 4.31 Å². The summed E-state index contributed by atoms with van der Waals surface area (Å²) in [6, 6.07) is 0. The third-order valence-corrected chi connectivity index (χ3v) is 4.33. The molecule has 0 saturated heterocycles. The number of rotatable bonds is 8. The normalized spacial score (nSPS) is 15.0. The maximum atomic E-state index is 11.7. The van der Waals surface area contributed by atoms with Crippen molar-refractivity contribution in [1.82, 2.24) is 9.62 Å². The Balaban J connectivity index is 4.74. The molecule has 112 valence electrons. The fourth-order valence-corrected chi connectivity index (χ4v) is 2.06. The highest BCUT2D eigenvalue weighted by molar-refractivity contribution is 7.89. The summed E-state index contributed by atoms with van der Waals surface area (Å²) in [7, 11) is -0.924. The molecule has 9 heteroatoms. The number of hydrogen-bond acceptors (Lipinski definition) is 5. The van der Waals surface area contributed by atoms with Crippen LogP contribution in [0.5, 0.6) is 0 Å². The summed E-state index contributed by atoms with van der Waals surface area (Å²) in [6.45, 7) is 2.07. The lowest BCUT2D eigenvalue weighted by Gasteiger charge is -2.26. The molecule has 1 atom stereocenters. The van der Waals surface area contributed by atoms with E-state index in [2.05, 4.69) is 5.32 Å². The van der Waals surface area contributed by atoms with Crippen LogP contribution in [0.2, 0.25) is 0 Å². The molecule has 0 aromatic rings. The van der Waals surface area contributed by atoms with Crippen LogP contribution in [0.25, 0.3) is 0 Å². The van der Waals surface area contributed by atoms with Crippen LogP contribution in [0, 0.1) is 0 Å². The van der Waals surface area contributed by atoms with Gasteiger partial charge in [0.25, 0.3) is 0 Å². The molecule has 8 nitrogen and oxygen atoms in total. The van der Waals surface area contributed by atoms with Crippen molar-refractivity contribution >= 4 is 21.9 Å². The summed E-state index contributed by atoms with van der Waals surface area (Å²) in [5, 5.41) is 11.3. The number of amides is 1.